The second kappa shape index (κ2) is 8.39. The smallest absolute Gasteiger partial charge is 0.333 e. The highest BCUT2D eigenvalue weighted by molar-refractivity contribution is 7.84. The Labute approximate surface area is 185 Å². The van der Waals surface area contributed by atoms with Gasteiger partial charge in [0.15, 0.2) is 11.5 Å². The van der Waals surface area contributed by atoms with Crippen LogP contribution in [-0.2, 0) is 27.3 Å². The summed E-state index contributed by atoms with van der Waals surface area (Å²) >= 11 is 0. The van der Waals surface area contributed by atoms with Crippen LogP contribution >= 0.6 is 0 Å². The second-order valence-corrected chi connectivity index (χ2v) is 9.80. The van der Waals surface area contributed by atoms with Crippen molar-refractivity contribution in [2.75, 3.05) is 11.9 Å². The van der Waals surface area contributed by atoms with Crippen LogP contribution in [0.1, 0.15) is 36.8 Å². The van der Waals surface area contributed by atoms with Gasteiger partial charge in [0.1, 0.15) is 17.7 Å². The summed E-state index contributed by atoms with van der Waals surface area (Å²) in [5.41, 5.74) is 5.10. The number of anilines is 1. The lowest BCUT2D eigenvalue weighted by Gasteiger charge is -2.18. The Kier molecular flexibility index (Phi) is 5.58. The maximum absolute atomic E-state index is 11.1. The third-order valence-electron chi connectivity index (χ3n) is 6.38. The fourth-order valence-electron chi connectivity index (χ4n) is 4.84. The number of nitrogens with zero attached hydrogens (tertiary/aromatic N) is 3. The molecule has 0 spiro atoms. The Bertz CT molecular complexity index is 1240. The number of hydrogen-bond acceptors (Lipinski definition) is 8. The van der Waals surface area contributed by atoms with Gasteiger partial charge in [0.25, 0.3) is 0 Å². The zero-order valence-corrected chi connectivity index (χ0v) is 18.3. The third-order valence-corrected chi connectivity index (χ3v) is 6.85. The number of nitrogens with two attached hydrogens (primary N) is 1. The van der Waals surface area contributed by atoms with E-state index in [1.165, 1.54) is 30.3 Å². The summed E-state index contributed by atoms with van der Waals surface area (Å²) in [7, 11) is -4.04. The first-order valence-corrected chi connectivity index (χ1v) is 12.3. The molecule has 10 nitrogen and oxygen atoms in total. The third kappa shape index (κ3) is 4.33. The van der Waals surface area contributed by atoms with Gasteiger partial charge in [-0.3, -0.25) is 4.18 Å². The van der Waals surface area contributed by atoms with Crippen LogP contribution in [0, 0.1) is 5.92 Å². The summed E-state index contributed by atoms with van der Waals surface area (Å²) in [6, 6.07) is 6.25. The Balaban J connectivity index is 1.38. The highest BCUT2D eigenvalue weighted by Crippen LogP contribution is 2.33. The van der Waals surface area contributed by atoms with Crippen molar-refractivity contribution in [2.24, 2.45) is 11.1 Å². The first-order chi connectivity index (χ1) is 15.4. The molecule has 2 heterocycles. The number of aryl methyl sites for hydroxylation is 1. The van der Waals surface area contributed by atoms with Crippen LogP contribution in [-0.4, -0.2) is 52.2 Å². The molecule has 0 amide bonds. The zero-order valence-electron chi connectivity index (χ0n) is 17.5. The minimum atomic E-state index is -4.04. The van der Waals surface area contributed by atoms with Crippen LogP contribution in [0.2, 0.25) is 0 Å². The predicted octanol–water partition coefficient (Wildman–Crippen LogP) is 1.67. The quantitative estimate of drug-likeness (QED) is 0.434. The van der Waals surface area contributed by atoms with Gasteiger partial charge in [0.05, 0.1) is 12.7 Å². The lowest BCUT2D eigenvalue weighted by atomic mass is 9.88. The van der Waals surface area contributed by atoms with E-state index in [1.54, 1.807) is 0 Å². The van der Waals surface area contributed by atoms with Crippen molar-refractivity contribution in [3.8, 4) is 11.4 Å². The minimum Gasteiger partial charge on any atom is -0.393 e. The molecule has 170 valence electrons. The van der Waals surface area contributed by atoms with Gasteiger partial charge < -0.3 is 15.4 Å². The molecule has 3 atom stereocenters. The van der Waals surface area contributed by atoms with Gasteiger partial charge in [-0.1, -0.05) is 18.2 Å². The predicted molar refractivity (Wildman–Crippen MR) is 119 cm³/mol. The molecule has 0 bridgehead atoms. The summed E-state index contributed by atoms with van der Waals surface area (Å²) in [5, 5.41) is 18.6. The monoisotopic (exact) mass is 458 g/mol. The Morgan fingerprint density at radius 3 is 2.91 bits per heavy atom. The van der Waals surface area contributed by atoms with Crippen molar-refractivity contribution in [3.05, 3.63) is 35.7 Å². The van der Waals surface area contributed by atoms with E-state index in [2.05, 4.69) is 42.7 Å². The maximum atomic E-state index is 11.1. The van der Waals surface area contributed by atoms with Crippen LogP contribution in [0.5, 0.6) is 0 Å². The molecule has 1 fully saturated rings. The topological polar surface area (TPSA) is 156 Å². The molecule has 11 heteroatoms. The van der Waals surface area contributed by atoms with E-state index in [0.717, 1.165) is 24.2 Å². The molecule has 5 rings (SSSR count). The molecule has 2 aromatic heterocycles. The lowest BCUT2D eigenvalue weighted by Crippen LogP contribution is -2.24. The van der Waals surface area contributed by atoms with Crippen LogP contribution < -0.4 is 10.5 Å². The van der Waals surface area contributed by atoms with E-state index in [1.807, 2.05) is 0 Å². The summed E-state index contributed by atoms with van der Waals surface area (Å²) in [6.07, 6.45) is 6.26. The van der Waals surface area contributed by atoms with Crippen molar-refractivity contribution in [1.82, 2.24) is 19.9 Å². The Morgan fingerprint density at radius 2 is 2.06 bits per heavy atom. The molecular weight excluding hydrogens is 432 g/mol. The van der Waals surface area contributed by atoms with E-state index in [9.17, 15) is 13.5 Å². The molecule has 2 aliphatic carbocycles. The van der Waals surface area contributed by atoms with E-state index in [-0.39, 0.29) is 18.6 Å². The first-order valence-electron chi connectivity index (χ1n) is 10.8. The molecule has 1 aromatic carbocycles. The molecule has 0 unspecified atom stereocenters. The number of fused-ring (bicyclic) bond motifs is 2. The van der Waals surface area contributed by atoms with Crippen molar-refractivity contribution in [1.29, 1.82) is 0 Å². The fraction of sp³-hybridized carbons (Fsp3) is 0.476. The molecule has 1 saturated carbocycles. The van der Waals surface area contributed by atoms with Crippen LogP contribution in [0.3, 0.4) is 0 Å². The number of aromatic amines is 1. The molecule has 5 N–H and O–H groups in total. The standard InChI is InChI=1S/C21H26N6O4S/c22-32(29,30)31-10-13-8-14(9-17(13)28)25-20-18-21(24-11-23-20)27-19(26-18)16-7-3-5-12-4-1-2-6-15(12)16/h3,5,7,11,13-14,17,28H,1-2,4,6,8-10H2,(H2,22,29,30)(H2,23,24,25,26,27)/t13-,14+,17-/m0/s1. The van der Waals surface area contributed by atoms with Gasteiger partial charge in [-0.25, -0.2) is 20.1 Å². The summed E-state index contributed by atoms with van der Waals surface area (Å²) in [4.78, 5) is 16.8. The van der Waals surface area contributed by atoms with Gasteiger partial charge in [-0.15, -0.1) is 0 Å². The number of aliphatic hydroxyl groups is 1. The fourth-order valence-corrected chi connectivity index (χ4v) is 5.21. The highest BCUT2D eigenvalue weighted by Gasteiger charge is 2.34. The molecule has 3 aromatic rings. The number of benzene rings is 1. The molecule has 2 aliphatic rings. The zero-order chi connectivity index (χ0) is 22.3. The van der Waals surface area contributed by atoms with Crippen molar-refractivity contribution >= 4 is 27.3 Å². The maximum Gasteiger partial charge on any atom is 0.333 e. The van der Waals surface area contributed by atoms with Crippen molar-refractivity contribution in [2.45, 2.75) is 50.7 Å². The van der Waals surface area contributed by atoms with Gasteiger partial charge in [-0.05, 0) is 49.7 Å². The normalized spacial score (nSPS) is 23.4. The number of rotatable bonds is 6. The van der Waals surface area contributed by atoms with E-state index >= 15 is 0 Å². The molecule has 32 heavy (non-hydrogen) atoms. The summed E-state index contributed by atoms with van der Waals surface area (Å²) < 4.78 is 26.8. The van der Waals surface area contributed by atoms with Gasteiger partial charge >= 0.3 is 10.3 Å². The minimum absolute atomic E-state index is 0.103. The number of nitrogens with one attached hydrogen (secondary N) is 2. The van der Waals surface area contributed by atoms with Gasteiger partial charge in [0.2, 0.25) is 0 Å². The summed E-state index contributed by atoms with van der Waals surface area (Å²) in [6.45, 7) is -0.148. The van der Waals surface area contributed by atoms with E-state index in [0.29, 0.717) is 29.8 Å². The number of hydrogen-bond donors (Lipinski definition) is 4. The first kappa shape index (κ1) is 21.3. The average molecular weight is 459 g/mol. The van der Waals surface area contributed by atoms with Crippen molar-refractivity contribution in [3.63, 3.8) is 0 Å². The lowest BCUT2D eigenvalue weighted by molar-refractivity contribution is 0.101. The molecule has 0 aliphatic heterocycles. The molecule has 0 radical (unpaired) electrons. The number of aromatic nitrogens is 4. The highest BCUT2D eigenvalue weighted by atomic mass is 32.2. The van der Waals surface area contributed by atoms with E-state index < -0.39 is 16.4 Å². The molecular formula is C21H26N6O4S. The summed E-state index contributed by atoms with van der Waals surface area (Å²) in [5.74, 6) is 1.04. The second-order valence-electron chi connectivity index (χ2n) is 8.57. The van der Waals surface area contributed by atoms with Crippen LogP contribution in [0.4, 0.5) is 5.82 Å². The Hall–Kier alpha value is -2.60. The number of aliphatic hydroxyl groups excluding tert-OH is 1. The van der Waals surface area contributed by atoms with Gasteiger partial charge in [-0.2, -0.15) is 8.42 Å². The number of H-pyrrole nitrogens is 1. The SMILES string of the molecule is NS(=O)(=O)OC[C@@H]1C[C@@H](Nc2ncnc3nc(-c4cccc5c4CCCC5)[nH]c23)C[C@@H]1O. The van der Waals surface area contributed by atoms with Crippen LogP contribution in [0.15, 0.2) is 24.5 Å². The largest absolute Gasteiger partial charge is 0.393 e. The van der Waals surface area contributed by atoms with Crippen LogP contribution in [0.25, 0.3) is 22.6 Å². The Morgan fingerprint density at radius 1 is 1.22 bits per heavy atom. The molecule has 0 saturated heterocycles. The van der Waals surface area contributed by atoms with E-state index in [4.69, 9.17) is 10.1 Å². The average Bonchev–Trinajstić information content (AvgIpc) is 3.35. The number of imidazole rings is 1. The van der Waals surface area contributed by atoms with Gasteiger partial charge in [0, 0.05) is 17.5 Å². The van der Waals surface area contributed by atoms with Crippen molar-refractivity contribution < 1.29 is 17.7 Å².